The van der Waals surface area contributed by atoms with E-state index in [9.17, 15) is 13.2 Å². The van der Waals surface area contributed by atoms with Crippen LogP contribution in [-0.4, -0.2) is 44.0 Å². The third-order valence-corrected chi connectivity index (χ3v) is 8.69. The molecule has 1 N–H and O–H groups in total. The van der Waals surface area contributed by atoms with Gasteiger partial charge in [-0.15, -0.1) is 11.8 Å². The van der Waals surface area contributed by atoms with E-state index in [1.165, 1.54) is 14.8 Å². The second-order valence-corrected chi connectivity index (χ2v) is 11.6. The van der Waals surface area contributed by atoms with Crippen molar-refractivity contribution in [3.8, 4) is 0 Å². The van der Waals surface area contributed by atoms with Gasteiger partial charge in [-0.2, -0.15) is 0 Å². The second-order valence-electron chi connectivity index (χ2n) is 7.62. The number of hydrogen-bond donors (Lipinski definition) is 1. The molecule has 168 valence electrons. The highest BCUT2D eigenvalue weighted by Crippen LogP contribution is 2.26. The molecule has 1 aliphatic heterocycles. The Bertz CT molecular complexity index is 1010. The molecule has 1 saturated heterocycles. The van der Waals surface area contributed by atoms with Gasteiger partial charge in [-0.25, -0.2) is 12.7 Å². The van der Waals surface area contributed by atoms with Crippen LogP contribution in [0.25, 0.3) is 0 Å². The summed E-state index contributed by atoms with van der Waals surface area (Å²) in [5.41, 5.74) is 1.75. The maximum atomic E-state index is 12.8. The molecule has 0 aromatic heterocycles. The molecular formula is C22H26Cl2N2O3S2. The fourth-order valence-electron chi connectivity index (χ4n) is 3.44. The van der Waals surface area contributed by atoms with Gasteiger partial charge in [0.05, 0.1) is 5.75 Å². The minimum atomic E-state index is -3.50. The summed E-state index contributed by atoms with van der Waals surface area (Å²) in [4.78, 5) is 13.6. The van der Waals surface area contributed by atoms with E-state index in [0.29, 0.717) is 48.1 Å². The number of halogens is 2. The smallest absolute Gasteiger partial charge is 0.223 e. The predicted molar refractivity (Wildman–Crippen MR) is 128 cm³/mol. The first-order valence-corrected chi connectivity index (χ1v) is 13.5. The summed E-state index contributed by atoms with van der Waals surface area (Å²) in [6, 6.07) is 13.1. The Morgan fingerprint density at radius 2 is 1.81 bits per heavy atom. The fourth-order valence-corrected chi connectivity index (χ4v) is 6.36. The summed E-state index contributed by atoms with van der Waals surface area (Å²) in [5.74, 6) is 0.470. The van der Waals surface area contributed by atoms with Gasteiger partial charge in [-0.3, -0.25) is 4.79 Å². The van der Waals surface area contributed by atoms with Gasteiger partial charge in [0.2, 0.25) is 15.9 Å². The minimum Gasteiger partial charge on any atom is -0.355 e. The van der Waals surface area contributed by atoms with E-state index < -0.39 is 10.0 Å². The Kier molecular flexibility index (Phi) is 8.70. The van der Waals surface area contributed by atoms with E-state index in [4.69, 9.17) is 23.2 Å². The number of benzene rings is 2. The van der Waals surface area contributed by atoms with Gasteiger partial charge in [0.25, 0.3) is 0 Å². The molecule has 0 aliphatic carbocycles. The zero-order chi connectivity index (χ0) is 22.4. The number of sulfonamides is 1. The first kappa shape index (κ1) is 24.4. The van der Waals surface area contributed by atoms with Crippen molar-refractivity contribution >= 4 is 50.9 Å². The van der Waals surface area contributed by atoms with Crippen LogP contribution >= 0.6 is 35.0 Å². The van der Waals surface area contributed by atoms with Gasteiger partial charge in [-0.1, -0.05) is 47.0 Å². The number of carbonyl (C=O) groups is 1. The monoisotopic (exact) mass is 500 g/mol. The Morgan fingerprint density at radius 3 is 2.45 bits per heavy atom. The zero-order valence-corrected chi connectivity index (χ0v) is 20.5. The van der Waals surface area contributed by atoms with E-state index in [2.05, 4.69) is 36.5 Å². The van der Waals surface area contributed by atoms with E-state index in [0.717, 1.165) is 5.75 Å². The molecule has 5 nitrogen and oxygen atoms in total. The van der Waals surface area contributed by atoms with Crippen molar-refractivity contribution in [3.63, 3.8) is 0 Å². The SMILES string of the molecule is Cc1ccc(SCCNC(=O)C2CCN(S(=O)(=O)Cc3ccc(Cl)cc3Cl)CC2)cc1. The van der Waals surface area contributed by atoms with Gasteiger partial charge < -0.3 is 5.32 Å². The molecular weight excluding hydrogens is 475 g/mol. The molecule has 2 aromatic rings. The van der Waals surface area contributed by atoms with Crippen molar-refractivity contribution in [1.29, 1.82) is 0 Å². The summed E-state index contributed by atoms with van der Waals surface area (Å²) in [6.07, 6.45) is 1.04. The minimum absolute atomic E-state index is 0.00213. The number of piperidine rings is 1. The molecule has 2 aromatic carbocycles. The van der Waals surface area contributed by atoms with Crippen LogP contribution in [0.3, 0.4) is 0 Å². The quantitative estimate of drug-likeness (QED) is 0.419. The van der Waals surface area contributed by atoms with Gasteiger partial charge in [0.15, 0.2) is 0 Å². The topological polar surface area (TPSA) is 66.5 Å². The number of aryl methyl sites for hydroxylation is 1. The van der Waals surface area contributed by atoms with Crippen LogP contribution < -0.4 is 5.32 Å². The summed E-state index contributed by atoms with van der Waals surface area (Å²) >= 11 is 13.7. The van der Waals surface area contributed by atoms with Crippen molar-refractivity contribution in [2.75, 3.05) is 25.4 Å². The third-order valence-electron chi connectivity index (χ3n) is 5.26. The molecule has 0 saturated carbocycles. The molecule has 0 radical (unpaired) electrons. The maximum Gasteiger partial charge on any atom is 0.223 e. The molecule has 0 bridgehead atoms. The highest BCUT2D eigenvalue weighted by molar-refractivity contribution is 7.99. The molecule has 1 amide bonds. The molecule has 0 spiro atoms. The molecule has 3 rings (SSSR count). The van der Waals surface area contributed by atoms with Crippen molar-refractivity contribution < 1.29 is 13.2 Å². The number of carbonyl (C=O) groups excluding carboxylic acids is 1. The van der Waals surface area contributed by atoms with Crippen molar-refractivity contribution in [2.45, 2.75) is 30.4 Å². The van der Waals surface area contributed by atoms with Crippen LogP contribution in [0, 0.1) is 12.8 Å². The number of hydrogen-bond acceptors (Lipinski definition) is 4. The highest BCUT2D eigenvalue weighted by Gasteiger charge is 2.31. The second kappa shape index (κ2) is 11.1. The predicted octanol–water partition coefficient (Wildman–Crippen LogP) is 4.75. The van der Waals surface area contributed by atoms with Crippen LogP contribution in [0.5, 0.6) is 0 Å². The Morgan fingerprint density at radius 1 is 1.13 bits per heavy atom. The summed E-state index contributed by atoms with van der Waals surface area (Å²) < 4.78 is 27.0. The molecule has 0 atom stereocenters. The van der Waals surface area contributed by atoms with Gasteiger partial charge in [0, 0.05) is 46.2 Å². The Balaban J connectivity index is 1.42. The van der Waals surface area contributed by atoms with Gasteiger partial charge in [-0.05, 0) is 49.6 Å². The lowest BCUT2D eigenvalue weighted by molar-refractivity contribution is -0.125. The summed E-state index contributed by atoms with van der Waals surface area (Å²) in [5, 5.41) is 3.79. The van der Waals surface area contributed by atoms with E-state index >= 15 is 0 Å². The van der Waals surface area contributed by atoms with E-state index in [1.54, 1.807) is 30.0 Å². The first-order chi connectivity index (χ1) is 14.7. The number of nitrogens with zero attached hydrogens (tertiary/aromatic N) is 1. The molecule has 9 heteroatoms. The first-order valence-electron chi connectivity index (χ1n) is 10.1. The van der Waals surface area contributed by atoms with Crippen molar-refractivity contribution in [2.24, 2.45) is 5.92 Å². The molecule has 1 aliphatic rings. The number of thioether (sulfide) groups is 1. The summed E-state index contributed by atoms with van der Waals surface area (Å²) in [7, 11) is -3.50. The van der Waals surface area contributed by atoms with Crippen LogP contribution in [-0.2, 0) is 20.6 Å². The lowest BCUT2D eigenvalue weighted by Crippen LogP contribution is -2.43. The maximum absolute atomic E-state index is 12.8. The Labute approximate surface area is 198 Å². The highest BCUT2D eigenvalue weighted by atomic mass is 35.5. The van der Waals surface area contributed by atoms with E-state index in [1.807, 2.05) is 0 Å². The fraction of sp³-hybridized carbons (Fsp3) is 0.409. The van der Waals surface area contributed by atoms with Crippen LogP contribution in [0.1, 0.15) is 24.0 Å². The van der Waals surface area contributed by atoms with Crippen LogP contribution in [0.2, 0.25) is 10.0 Å². The third kappa shape index (κ3) is 7.12. The summed E-state index contributed by atoms with van der Waals surface area (Å²) in [6.45, 7) is 3.32. The largest absolute Gasteiger partial charge is 0.355 e. The van der Waals surface area contributed by atoms with E-state index in [-0.39, 0.29) is 17.6 Å². The molecule has 0 unspecified atom stereocenters. The van der Waals surface area contributed by atoms with Gasteiger partial charge in [0.1, 0.15) is 0 Å². The zero-order valence-electron chi connectivity index (χ0n) is 17.3. The number of amides is 1. The molecule has 1 fully saturated rings. The average Bonchev–Trinajstić information content (AvgIpc) is 2.74. The molecule has 31 heavy (non-hydrogen) atoms. The van der Waals surface area contributed by atoms with Crippen molar-refractivity contribution in [3.05, 3.63) is 63.6 Å². The normalized spacial score (nSPS) is 15.7. The van der Waals surface area contributed by atoms with Crippen molar-refractivity contribution in [1.82, 2.24) is 9.62 Å². The molecule has 1 heterocycles. The lowest BCUT2D eigenvalue weighted by atomic mass is 9.97. The van der Waals surface area contributed by atoms with Crippen LogP contribution in [0.4, 0.5) is 0 Å². The average molecular weight is 502 g/mol. The number of rotatable bonds is 8. The van der Waals surface area contributed by atoms with Gasteiger partial charge >= 0.3 is 0 Å². The number of nitrogens with one attached hydrogen (secondary N) is 1. The standard InChI is InChI=1S/C22H26Cl2N2O3S2/c1-16-2-6-20(7-3-16)30-13-10-25-22(27)17-8-11-26(12-9-17)31(28,29)15-18-4-5-19(23)14-21(18)24/h2-7,14,17H,8-13,15H2,1H3,(H,25,27). The van der Waals surface area contributed by atoms with Crippen LogP contribution in [0.15, 0.2) is 47.4 Å². The Hall–Kier alpha value is -1.25. The lowest BCUT2D eigenvalue weighted by Gasteiger charge is -2.30.